The van der Waals surface area contributed by atoms with Gasteiger partial charge in [0.05, 0.1) is 34.2 Å². The molecule has 3 rings (SSSR count). The predicted octanol–water partition coefficient (Wildman–Crippen LogP) is -4.20. The number of nitrogens with zero attached hydrogens (tertiary/aromatic N) is 7. The zero-order valence-electron chi connectivity index (χ0n) is 47.8. The maximum absolute atomic E-state index is 12.8. The third-order valence-electron chi connectivity index (χ3n) is 13.0. The minimum Gasteiger partial charge on any atom is -0.425 e. The SMILES string of the molecule is Cc1nc(CCC(=O)N[C@H](C)C(=O)NCCC(=O)NCCN(CCNC(=O)CCNC(=O)[C@@H](C)NC(=O)CCc2nc(C)c(C)n(O)c2=O)CCNC(=O)CCNC(=O)[C@@H](C)NC(=O)CCc2nc(C)c(C)n(O)c2=O)c(=O)n(O)c1C. The zero-order valence-corrected chi connectivity index (χ0v) is 47.8. The lowest BCUT2D eigenvalue weighted by Gasteiger charge is -2.23. The first-order chi connectivity index (χ1) is 38.6. The fraction of sp³-hybridized carbons (Fsp3) is 0.588. The molecule has 3 atom stereocenters. The van der Waals surface area contributed by atoms with Gasteiger partial charge in [0.2, 0.25) is 53.2 Å². The first-order valence-electron chi connectivity index (χ1n) is 26.7. The Morgan fingerprint density at radius 2 is 0.634 bits per heavy atom. The molecular formula is C51H78N16O15. The second-order valence-corrected chi connectivity index (χ2v) is 19.4. The van der Waals surface area contributed by atoms with Crippen LogP contribution in [-0.2, 0) is 62.4 Å². The van der Waals surface area contributed by atoms with Crippen LogP contribution in [0.15, 0.2) is 14.4 Å². The molecule has 0 aromatic carbocycles. The topological polar surface area (TPSA) is 430 Å². The first-order valence-corrected chi connectivity index (χ1v) is 26.7. The molecule has 0 radical (unpaired) electrons. The van der Waals surface area contributed by atoms with Crippen molar-refractivity contribution in [2.45, 2.75) is 138 Å². The van der Waals surface area contributed by atoms with Gasteiger partial charge in [0.1, 0.15) is 35.2 Å². The molecule has 0 saturated heterocycles. The average molecular weight is 1160 g/mol. The zero-order chi connectivity index (χ0) is 61.4. The molecule has 82 heavy (non-hydrogen) atoms. The quantitative estimate of drug-likeness (QED) is 0.0257. The third kappa shape index (κ3) is 22.0. The van der Waals surface area contributed by atoms with Gasteiger partial charge in [-0.05, 0) is 62.3 Å². The Bertz CT molecular complexity index is 2680. The van der Waals surface area contributed by atoms with E-state index in [4.69, 9.17) is 0 Å². The van der Waals surface area contributed by atoms with Crippen LogP contribution in [0.1, 0.15) is 111 Å². The van der Waals surface area contributed by atoms with Crippen LogP contribution in [-0.4, -0.2) is 180 Å². The fourth-order valence-corrected chi connectivity index (χ4v) is 7.62. The number of hydrogen-bond donors (Lipinski definition) is 12. The summed E-state index contributed by atoms with van der Waals surface area (Å²) in [5, 5.41) is 53.4. The molecule has 3 aromatic heterocycles. The minimum absolute atomic E-state index is 0.0110. The minimum atomic E-state index is -0.981. The van der Waals surface area contributed by atoms with Gasteiger partial charge >= 0.3 is 16.7 Å². The van der Waals surface area contributed by atoms with E-state index < -0.39 is 88.0 Å². The van der Waals surface area contributed by atoms with E-state index >= 15 is 0 Å². The molecule has 31 heteroatoms. The van der Waals surface area contributed by atoms with E-state index in [1.807, 2.05) is 4.90 Å². The highest BCUT2D eigenvalue weighted by molar-refractivity contribution is 5.89. The number of amides is 9. The van der Waals surface area contributed by atoms with Crippen molar-refractivity contribution in [2.75, 3.05) is 58.9 Å². The van der Waals surface area contributed by atoms with E-state index in [1.54, 1.807) is 20.8 Å². The highest BCUT2D eigenvalue weighted by atomic mass is 16.5. The van der Waals surface area contributed by atoms with Crippen molar-refractivity contribution in [3.8, 4) is 0 Å². The Kier molecular flexibility index (Phi) is 27.2. The average Bonchev–Trinajstić information content (AvgIpc) is 3.52. The smallest absolute Gasteiger partial charge is 0.304 e. The summed E-state index contributed by atoms with van der Waals surface area (Å²) in [5.41, 5.74) is -0.222. The molecule has 0 fully saturated rings. The van der Waals surface area contributed by atoms with Gasteiger partial charge in [0.25, 0.3) is 0 Å². The number of carbonyl (C=O) groups is 9. The van der Waals surface area contributed by atoms with Crippen LogP contribution in [0.3, 0.4) is 0 Å². The lowest BCUT2D eigenvalue weighted by molar-refractivity contribution is -0.128. The van der Waals surface area contributed by atoms with Crippen molar-refractivity contribution >= 4 is 53.2 Å². The summed E-state index contributed by atoms with van der Waals surface area (Å²) in [5.74, 6) is -4.57. The summed E-state index contributed by atoms with van der Waals surface area (Å²) in [6.45, 7) is 14.6. The summed E-state index contributed by atoms with van der Waals surface area (Å²) in [6.07, 6.45) is -1.12. The highest BCUT2D eigenvalue weighted by Crippen LogP contribution is 2.06. The van der Waals surface area contributed by atoms with E-state index in [9.17, 15) is 73.2 Å². The molecule has 0 aliphatic heterocycles. The van der Waals surface area contributed by atoms with Gasteiger partial charge in [-0.2, -0.15) is 0 Å². The molecule has 0 bridgehead atoms. The van der Waals surface area contributed by atoms with E-state index in [0.717, 1.165) is 0 Å². The Morgan fingerprint density at radius 3 is 0.878 bits per heavy atom. The molecule has 0 saturated carbocycles. The molecule has 3 aromatic rings. The van der Waals surface area contributed by atoms with Crippen LogP contribution in [0.25, 0.3) is 0 Å². The van der Waals surface area contributed by atoms with Crippen molar-refractivity contribution in [2.24, 2.45) is 0 Å². The van der Waals surface area contributed by atoms with Gasteiger partial charge < -0.3 is 63.5 Å². The van der Waals surface area contributed by atoms with Crippen LogP contribution in [0.5, 0.6) is 0 Å². The van der Waals surface area contributed by atoms with Crippen LogP contribution in [0.2, 0.25) is 0 Å². The van der Waals surface area contributed by atoms with Crippen LogP contribution in [0.4, 0.5) is 0 Å². The Balaban J connectivity index is 1.44. The molecule has 9 amide bonds. The lowest BCUT2D eigenvalue weighted by Crippen LogP contribution is -2.46. The highest BCUT2D eigenvalue weighted by Gasteiger charge is 2.22. The van der Waals surface area contributed by atoms with Gasteiger partial charge in [-0.1, -0.05) is 0 Å². The maximum atomic E-state index is 12.8. The third-order valence-corrected chi connectivity index (χ3v) is 13.0. The van der Waals surface area contributed by atoms with Gasteiger partial charge in [0.15, 0.2) is 0 Å². The van der Waals surface area contributed by atoms with Gasteiger partial charge in [-0.25, -0.2) is 0 Å². The van der Waals surface area contributed by atoms with Crippen molar-refractivity contribution < 1.29 is 58.8 Å². The molecule has 0 aliphatic rings. The fourth-order valence-electron chi connectivity index (χ4n) is 7.62. The van der Waals surface area contributed by atoms with Gasteiger partial charge in [0, 0.05) is 117 Å². The lowest BCUT2D eigenvalue weighted by atomic mass is 10.2. The number of rotatable bonds is 33. The summed E-state index contributed by atoms with van der Waals surface area (Å²) in [7, 11) is 0. The molecule has 3 heterocycles. The Labute approximate surface area is 472 Å². The number of hydrogen-bond acceptors (Lipinski definition) is 19. The number of aryl methyl sites for hydroxylation is 6. The monoisotopic (exact) mass is 1150 g/mol. The molecule has 12 N–H and O–H groups in total. The Hall–Kier alpha value is -8.77. The second kappa shape index (κ2) is 33.1. The van der Waals surface area contributed by atoms with Crippen LogP contribution < -0.4 is 64.5 Å². The Morgan fingerprint density at radius 1 is 0.390 bits per heavy atom. The normalized spacial score (nSPS) is 12.1. The summed E-state index contributed by atoms with van der Waals surface area (Å²) >= 11 is 0. The van der Waals surface area contributed by atoms with Crippen molar-refractivity contribution in [3.05, 3.63) is 82.3 Å². The molecule has 0 spiro atoms. The van der Waals surface area contributed by atoms with Crippen molar-refractivity contribution in [3.63, 3.8) is 0 Å². The summed E-state index contributed by atoms with van der Waals surface area (Å²) in [4.78, 5) is 165. The predicted molar refractivity (Wildman–Crippen MR) is 292 cm³/mol. The number of nitrogens with one attached hydrogen (secondary N) is 9. The largest absolute Gasteiger partial charge is 0.425 e. The standard InChI is InChI=1S/C51H78N16O15/c1-28-34(7)65(80)49(77)37(58-28)10-13-43(71)61-31(4)46(74)55-19-16-40(68)52-22-25-64(26-23-53-41(69)17-20-56-47(75)32(5)62-44(72)14-11-38-50(78)66(81)35(8)29(2)59-38)27-24-54-42(70)18-21-57-48(76)33(6)63-45(73)15-12-39-51(79)67(82)36(9)30(3)60-39/h31-33,80-82H,10-27H2,1-9H3,(H,52,68)(H,53,69)(H,54,70)(H,55,74)(H,56,75)(H,57,76)(H,61,71)(H,62,72)(H,63,73)/t31-,32-,33-/m1/s1. The summed E-state index contributed by atoms with van der Waals surface area (Å²) < 4.78 is 1.40. The molecule has 0 unspecified atom stereocenters. The van der Waals surface area contributed by atoms with Gasteiger partial charge in [-0.15, -0.1) is 14.2 Å². The van der Waals surface area contributed by atoms with E-state index in [2.05, 4.69) is 62.8 Å². The van der Waals surface area contributed by atoms with E-state index in [1.165, 1.54) is 41.5 Å². The number of carbonyl (C=O) groups excluding carboxylic acids is 9. The molecule has 0 aliphatic carbocycles. The van der Waals surface area contributed by atoms with Crippen molar-refractivity contribution in [1.82, 2.24) is 81.9 Å². The van der Waals surface area contributed by atoms with Gasteiger partial charge in [-0.3, -0.25) is 77.4 Å². The maximum Gasteiger partial charge on any atom is 0.304 e. The molecule has 452 valence electrons. The van der Waals surface area contributed by atoms with Crippen molar-refractivity contribution in [1.29, 1.82) is 0 Å². The van der Waals surface area contributed by atoms with E-state index in [-0.39, 0.29) is 151 Å². The van der Waals surface area contributed by atoms with Crippen LogP contribution >= 0.6 is 0 Å². The molecular weight excluding hydrogens is 1080 g/mol. The molecule has 31 nitrogen and oxygen atoms in total. The second-order valence-electron chi connectivity index (χ2n) is 19.4. The van der Waals surface area contributed by atoms with E-state index in [0.29, 0.717) is 31.3 Å². The summed E-state index contributed by atoms with van der Waals surface area (Å²) in [6, 6.07) is -2.94. The first kappa shape index (κ1) is 67.5. The van der Waals surface area contributed by atoms with Crippen LogP contribution in [0, 0.1) is 41.5 Å². The number of aromatic nitrogens is 6.